The monoisotopic (exact) mass is 730 g/mol. The topological polar surface area (TPSA) is 130 Å². The Hall–Kier alpha value is -5.39. The molecule has 4 aromatic carbocycles. The molecule has 2 saturated heterocycles. The number of nitrogens with zero attached hydrogens (tertiary/aromatic N) is 2. The van der Waals surface area contributed by atoms with Gasteiger partial charge in [0, 0.05) is 58.3 Å². The van der Waals surface area contributed by atoms with Gasteiger partial charge in [0.25, 0.3) is 11.8 Å². The van der Waals surface area contributed by atoms with Crippen molar-refractivity contribution in [2.45, 2.75) is 51.4 Å². The summed E-state index contributed by atoms with van der Waals surface area (Å²) < 4.78 is 0. The first-order valence-electron chi connectivity index (χ1n) is 19.5. The van der Waals surface area contributed by atoms with Gasteiger partial charge in [0.05, 0.1) is 0 Å². The van der Waals surface area contributed by atoms with E-state index in [-0.39, 0.29) is 11.8 Å². The van der Waals surface area contributed by atoms with Gasteiger partial charge in [-0.1, -0.05) is 12.1 Å². The molecule has 0 aliphatic carbocycles. The summed E-state index contributed by atoms with van der Waals surface area (Å²) >= 11 is 0. The van der Waals surface area contributed by atoms with Crippen LogP contribution in [-0.4, -0.2) is 80.0 Å². The van der Waals surface area contributed by atoms with Crippen LogP contribution in [-0.2, 0) is 0 Å². The van der Waals surface area contributed by atoms with Crippen LogP contribution in [0.3, 0.4) is 0 Å². The second kappa shape index (κ2) is 20.2. The quantitative estimate of drug-likeness (QED) is 0.0567. The van der Waals surface area contributed by atoms with E-state index in [4.69, 9.17) is 0 Å². The molecule has 0 saturated carbocycles. The summed E-state index contributed by atoms with van der Waals surface area (Å²) in [6.45, 7) is 9.14. The van der Waals surface area contributed by atoms with Crippen molar-refractivity contribution in [3.63, 3.8) is 0 Å². The Balaban J connectivity index is 0.909. The summed E-state index contributed by atoms with van der Waals surface area (Å²) in [5, 5.41) is 18.3. The van der Waals surface area contributed by atoms with E-state index < -0.39 is 6.03 Å². The Bertz CT molecular complexity index is 1670. The van der Waals surface area contributed by atoms with Crippen LogP contribution < -0.4 is 31.9 Å². The standard InChI is InChI=1S/C43H54N8O3/c52-41(46-37-19-15-35(16-20-37)44-23-1-3-25-50-27-5-6-28-50)33-11-9-13-39(31-33)48-43(54)49-40-14-10-12-34(32-40)42(53)47-38-21-17-36(18-22-38)45-24-2-4-26-51-29-7-8-30-51/h9-22,31-32,44-45H,1-8,23-30H2,(H,46,52)(H,47,53)(H2,48,49,54). The fraction of sp³-hybridized carbons (Fsp3) is 0.372. The molecule has 4 amide bonds. The number of nitrogens with one attached hydrogen (secondary N) is 6. The summed E-state index contributed by atoms with van der Waals surface area (Å²) in [5.41, 5.74) is 5.13. The third-order valence-corrected chi connectivity index (χ3v) is 9.91. The largest absolute Gasteiger partial charge is 0.385 e. The number of likely N-dealkylation sites (tertiary alicyclic amines) is 2. The molecule has 0 unspecified atom stereocenters. The number of carbonyl (C=O) groups is 3. The number of amides is 4. The number of urea groups is 1. The summed E-state index contributed by atoms with van der Waals surface area (Å²) in [4.78, 5) is 44.0. The lowest BCUT2D eigenvalue weighted by Crippen LogP contribution is -2.20. The molecule has 2 aliphatic heterocycles. The van der Waals surface area contributed by atoms with Gasteiger partial charge in [0.1, 0.15) is 0 Å². The zero-order valence-electron chi connectivity index (χ0n) is 31.2. The molecular formula is C43H54N8O3. The zero-order chi connectivity index (χ0) is 37.4. The minimum absolute atomic E-state index is 0.283. The van der Waals surface area contributed by atoms with Crippen molar-refractivity contribution in [2.75, 3.05) is 84.3 Å². The van der Waals surface area contributed by atoms with E-state index in [9.17, 15) is 14.4 Å². The molecular weight excluding hydrogens is 677 g/mol. The van der Waals surface area contributed by atoms with Gasteiger partial charge in [0.15, 0.2) is 0 Å². The van der Waals surface area contributed by atoms with Crippen LogP contribution in [0.15, 0.2) is 97.1 Å². The minimum atomic E-state index is -0.497. The zero-order valence-corrected chi connectivity index (χ0v) is 31.2. The highest BCUT2D eigenvalue weighted by atomic mass is 16.2. The van der Waals surface area contributed by atoms with Crippen molar-refractivity contribution < 1.29 is 14.4 Å². The maximum Gasteiger partial charge on any atom is 0.323 e. The van der Waals surface area contributed by atoms with Crippen LogP contribution in [0, 0.1) is 0 Å². The number of anilines is 6. The lowest BCUT2D eigenvalue weighted by atomic mass is 10.1. The number of hydrogen-bond donors (Lipinski definition) is 6. The maximum atomic E-state index is 13.0. The number of rotatable bonds is 18. The van der Waals surface area contributed by atoms with Crippen molar-refractivity contribution in [3.8, 4) is 0 Å². The van der Waals surface area contributed by atoms with E-state index in [2.05, 4.69) is 41.7 Å². The van der Waals surface area contributed by atoms with Gasteiger partial charge >= 0.3 is 6.03 Å². The second-order valence-electron chi connectivity index (χ2n) is 14.2. The Morgan fingerprint density at radius 3 is 1.24 bits per heavy atom. The Morgan fingerprint density at radius 2 is 0.833 bits per heavy atom. The molecule has 0 aromatic heterocycles. The fourth-order valence-electron chi connectivity index (χ4n) is 6.92. The van der Waals surface area contributed by atoms with Crippen molar-refractivity contribution in [1.82, 2.24) is 9.80 Å². The highest BCUT2D eigenvalue weighted by Gasteiger charge is 2.13. The van der Waals surface area contributed by atoms with Gasteiger partial charge in [-0.25, -0.2) is 4.79 Å². The van der Waals surface area contributed by atoms with Gasteiger partial charge in [-0.2, -0.15) is 0 Å². The lowest BCUT2D eigenvalue weighted by molar-refractivity contribution is 0.101. The van der Waals surface area contributed by atoms with Crippen LogP contribution in [0.1, 0.15) is 72.1 Å². The van der Waals surface area contributed by atoms with Gasteiger partial charge < -0.3 is 41.7 Å². The molecule has 0 atom stereocenters. The van der Waals surface area contributed by atoms with E-state index >= 15 is 0 Å². The van der Waals surface area contributed by atoms with Gasteiger partial charge in [0.2, 0.25) is 0 Å². The summed E-state index contributed by atoms with van der Waals surface area (Å²) in [6.07, 6.45) is 9.93. The number of unbranched alkanes of at least 4 members (excludes halogenated alkanes) is 2. The van der Waals surface area contributed by atoms with E-state index in [0.29, 0.717) is 33.9 Å². The van der Waals surface area contributed by atoms with Gasteiger partial charge in [-0.15, -0.1) is 0 Å². The molecule has 54 heavy (non-hydrogen) atoms. The molecule has 0 radical (unpaired) electrons. The molecule has 6 rings (SSSR count). The number of carbonyl (C=O) groups excluding carboxylic acids is 3. The van der Waals surface area contributed by atoms with E-state index in [1.807, 2.05) is 48.5 Å². The highest BCUT2D eigenvalue weighted by Crippen LogP contribution is 2.20. The van der Waals surface area contributed by atoms with Gasteiger partial charge in [-0.05, 0) is 176 Å². The average molecular weight is 731 g/mol. The molecule has 11 nitrogen and oxygen atoms in total. The smallest absolute Gasteiger partial charge is 0.323 e. The minimum Gasteiger partial charge on any atom is -0.385 e. The van der Waals surface area contributed by atoms with Crippen LogP contribution >= 0.6 is 0 Å². The average Bonchev–Trinajstić information content (AvgIpc) is 3.91. The first-order valence-corrected chi connectivity index (χ1v) is 19.5. The SMILES string of the molecule is O=C(Nc1cccc(C(=O)Nc2ccc(NCCCCN3CCCC3)cc2)c1)Nc1cccc(C(=O)Nc2ccc(NCCCCN3CCCC3)cc2)c1. The van der Waals surface area contributed by atoms with Crippen molar-refractivity contribution in [2.24, 2.45) is 0 Å². The van der Waals surface area contributed by atoms with Crippen LogP contribution in [0.4, 0.5) is 38.9 Å². The van der Waals surface area contributed by atoms with E-state index in [1.165, 1.54) is 77.8 Å². The second-order valence-corrected chi connectivity index (χ2v) is 14.2. The molecule has 6 N–H and O–H groups in total. The lowest BCUT2D eigenvalue weighted by Gasteiger charge is -2.14. The van der Waals surface area contributed by atoms with E-state index in [1.54, 1.807) is 48.5 Å². The Kier molecular flexibility index (Phi) is 14.3. The summed E-state index contributed by atoms with van der Waals surface area (Å²) in [5.74, 6) is -0.566. The molecule has 11 heteroatoms. The predicted molar refractivity (Wildman–Crippen MR) is 221 cm³/mol. The van der Waals surface area contributed by atoms with E-state index in [0.717, 1.165) is 37.3 Å². The molecule has 4 aromatic rings. The summed E-state index contributed by atoms with van der Waals surface area (Å²) in [6, 6.07) is 28.3. The predicted octanol–water partition coefficient (Wildman–Crippen LogP) is 8.41. The molecule has 0 spiro atoms. The van der Waals surface area contributed by atoms with Crippen LogP contribution in [0.2, 0.25) is 0 Å². The van der Waals surface area contributed by atoms with Crippen molar-refractivity contribution in [1.29, 1.82) is 0 Å². The Morgan fingerprint density at radius 1 is 0.444 bits per heavy atom. The summed E-state index contributed by atoms with van der Waals surface area (Å²) in [7, 11) is 0. The first-order chi connectivity index (χ1) is 26.5. The third-order valence-electron chi connectivity index (χ3n) is 9.91. The maximum absolute atomic E-state index is 13.0. The first kappa shape index (κ1) is 38.3. The molecule has 2 heterocycles. The molecule has 2 fully saturated rings. The number of hydrogen-bond acceptors (Lipinski definition) is 7. The molecule has 284 valence electrons. The molecule has 0 bridgehead atoms. The highest BCUT2D eigenvalue weighted by molar-refractivity contribution is 6.07. The van der Waals surface area contributed by atoms with Crippen LogP contribution in [0.25, 0.3) is 0 Å². The van der Waals surface area contributed by atoms with Crippen molar-refractivity contribution in [3.05, 3.63) is 108 Å². The fourth-order valence-corrected chi connectivity index (χ4v) is 6.92. The van der Waals surface area contributed by atoms with Crippen LogP contribution in [0.5, 0.6) is 0 Å². The molecule has 2 aliphatic rings. The Labute approximate surface area is 319 Å². The number of benzene rings is 4. The van der Waals surface area contributed by atoms with Gasteiger partial charge in [-0.3, -0.25) is 9.59 Å². The van der Waals surface area contributed by atoms with Crippen molar-refractivity contribution >= 4 is 52.0 Å². The third kappa shape index (κ3) is 12.3. The normalized spacial score (nSPS) is 14.4.